The van der Waals surface area contributed by atoms with Crippen LogP contribution >= 0.6 is 0 Å². The number of fused-ring (bicyclic) bond motifs is 1. The van der Waals surface area contributed by atoms with Crippen LogP contribution in [0, 0.1) is 11.8 Å². The van der Waals surface area contributed by atoms with Crippen LogP contribution in [0.2, 0.25) is 0 Å². The molecule has 0 N–H and O–H groups in total. The van der Waals surface area contributed by atoms with Crippen molar-refractivity contribution in [2.45, 2.75) is 52.0 Å². The smallest absolute Gasteiger partial charge is 0.0125 e. The van der Waals surface area contributed by atoms with Crippen LogP contribution in [0.4, 0.5) is 0 Å². The first-order chi connectivity index (χ1) is 6.07. The van der Waals surface area contributed by atoms with Crippen LogP contribution < -0.4 is 0 Å². The molecule has 1 aliphatic heterocycles. The van der Waals surface area contributed by atoms with E-state index in [0.717, 1.165) is 11.8 Å². The standard InChI is InChI=1S/C12H23N/c1-12(2,3)13-8-10-6-4-5-7-11(10)9-13/h10-11H,4-9H2,1-3H3. The van der Waals surface area contributed by atoms with Gasteiger partial charge in [0.1, 0.15) is 0 Å². The largest absolute Gasteiger partial charge is 0.298 e. The second kappa shape index (κ2) is 3.27. The normalized spacial score (nSPS) is 36.2. The average Bonchev–Trinajstić information content (AvgIpc) is 2.45. The fourth-order valence-corrected chi connectivity index (χ4v) is 2.95. The first kappa shape index (κ1) is 9.51. The summed E-state index contributed by atoms with van der Waals surface area (Å²) in [5.74, 6) is 2.07. The summed E-state index contributed by atoms with van der Waals surface area (Å²) in [6, 6.07) is 0. The highest BCUT2D eigenvalue weighted by Crippen LogP contribution is 2.38. The first-order valence-corrected chi connectivity index (χ1v) is 5.82. The number of likely N-dealkylation sites (tertiary alicyclic amines) is 1. The van der Waals surface area contributed by atoms with Gasteiger partial charge in [-0.1, -0.05) is 12.8 Å². The van der Waals surface area contributed by atoms with Crippen molar-refractivity contribution >= 4 is 0 Å². The van der Waals surface area contributed by atoms with E-state index in [9.17, 15) is 0 Å². The van der Waals surface area contributed by atoms with Crippen LogP contribution in [0.3, 0.4) is 0 Å². The zero-order valence-electron chi connectivity index (χ0n) is 9.34. The van der Waals surface area contributed by atoms with Crippen molar-refractivity contribution in [1.29, 1.82) is 0 Å². The van der Waals surface area contributed by atoms with Crippen molar-refractivity contribution in [3.8, 4) is 0 Å². The van der Waals surface area contributed by atoms with Gasteiger partial charge < -0.3 is 0 Å². The molecule has 0 aromatic rings. The molecule has 2 rings (SSSR count). The lowest BCUT2D eigenvalue weighted by Crippen LogP contribution is -2.39. The number of hydrogen-bond acceptors (Lipinski definition) is 1. The van der Waals surface area contributed by atoms with Crippen LogP contribution in [0.15, 0.2) is 0 Å². The lowest BCUT2D eigenvalue weighted by Gasteiger charge is -2.31. The van der Waals surface area contributed by atoms with Crippen molar-refractivity contribution in [3.63, 3.8) is 0 Å². The Bertz CT molecular complexity index is 166. The third-order valence-corrected chi connectivity index (χ3v) is 3.92. The van der Waals surface area contributed by atoms with Crippen molar-refractivity contribution < 1.29 is 0 Å². The summed E-state index contributed by atoms with van der Waals surface area (Å²) in [6.45, 7) is 9.79. The minimum Gasteiger partial charge on any atom is -0.298 e. The van der Waals surface area contributed by atoms with Gasteiger partial charge >= 0.3 is 0 Å². The fourth-order valence-electron chi connectivity index (χ4n) is 2.95. The quantitative estimate of drug-likeness (QED) is 0.555. The average molecular weight is 181 g/mol. The lowest BCUT2D eigenvalue weighted by molar-refractivity contribution is 0.165. The molecule has 76 valence electrons. The Morgan fingerprint density at radius 2 is 1.38 bits per heavy atom. The molecule has 13 heavy (non-hydrogen) atoms. The molecule has 0 bridgehead atoms. The molecule has 1 saturated heterocycles. The predicted octanol–water partition coefficient (Wildman–Crippen LogP) is 2.91. The van der Waals surface area contributed by atoms with E-state index in [1.54, 1.807) is 0 Å². The van der Waals surface area contributed by atoms with Gasteiger partial charge in [0.25, 0.3) is 0 Å². The molecule has 0 amide bonds. The lowest BCUT2D eigenvalue weighted by atomic mass is 9.82. The fraction of sp³-hybridized carbons (Fsp3) is 1.00. The molecule has 1 aliphatic carbocycles. The van der Waals surface area contributed by atoms with Crippen LogP contribution in [0.5, 0.6) is 0 Å². The highest BCUT2D eigenvalue weighted by atomic mass is 15.2. The third kappa shape index (κ3) is 1.90. The molecule has 2 unspecified atom stereocenters. The van der Waals surface area contributed by atoms with Gasteiger partial charge in [-0.15, -0.1) is 0 Å². The highest BCUT2D eigenvalue weighted by molar-refractivity contribution is 4.91. The molecule has 0 spiro atoms. The Morgan fingerprint density at radius 1 is 0.923 bits per heavy atom. The minimum absolute atomic E-state index is 0.400. The molecule has 0 aromatic heterocycles. The van der Waals surface area contributed by atoms with Gasteiger partial charge in [0.2, 0.25) is 0 Å². The van der Waals surface area contributed by atoms with Gasteiger partial charge in [-0.05, 0) is 45.4 Å². The Morgan fingerprint density at radius 3 is 1.77 bits per heavy atom. The number of rotatable bonds is 0. The molecule has 1 heterocycles. The van der Waals surface area contributed by atoms with Crippen LogP contribution in [-0.4, -0.2) is 23.5 Å². The predicted molar refractivity (Wildman–Crippen MR) is 56.8 cm³/mol. The topological polar surface area (TPSA) is 3.24 Å². The number of hydrogen-bond donors (Lipinski definition) is 0. The van der Waals surface area contributed by atoms with Crippen molar-refractivity contribution in [1.82, 2.24) is 4.90 Å². The first-order valence-electron chi connectivity index (χ1n) is 5.82. The van der Waals surface area contributed by atoms with Crippen LogP contribution in [0.25, 0.3) is 0 Å². The van der Waals surface area contributed by atoms with Gasteiger partial charge in [0.15, 0.2) is 0 Å². The second-order valence-corrected chi connectivity index (χ2v) is 5.88. The van der Waals surface area contributed by atoms with Crippen molar-refractivity contribution in [2.75, 3.05) is 13.1 Å². The SMILES string of the molecule is CC(C)(C)N1CC2CCCCC2C1. The molecule has 0 radical (unpaired) electrons. The van der Waals surface area contributed by atoms with Gasteiger partial charge in [-0.25, -0.2) is 0 Å². The molecule has 1 saturated carbocycles. The van der Waals surface area contributed by atoms with Gasteiger partial charge in [0, 0.05) is 18.6 Å². The number of nitrogens with zero attached hydrogens (tertiary/aromatic N) is 1. The maximum Gasteiger partial charge on any atom is 0.0125 e. The summed E-state index contributed by atoms with van der Waals surface area (Å²) in [4.78, 5) is 2.69. The monoisotopic (exact) mass is 181 g/mol. The van der Waals surface area contributed by atoms with Crippen LogP contribution in [-0.2, 0) is 0 Å². The molecular formula is C12H23N. The molecule has 1 nitrogen and oxygen atoms in total. The minimum atomic E-state index is 0.400. The van der Waals surface area contributed by atoms with E-state index in [-0.39, 0.29) is 0 Å². The van der Waals surface area contributed by atoms with E-state index in [0.29, 0.717) is 5.54 Å². The maximum absolute atomic E-state index is 2.69. The molecular weight excluding hydrogens is 158 g/mol. The van der Waals surface area contributed by atoms with E-state index in [4.69, 9.17) is 0 Å². The molecule has 2 atom stereocenters. The summed E-state index contributed by atoms with van der Waals surface area (Å²) >= 11 is 0. The van der Waals surface area contributed by atoms with Crippen molar-refractivity contribution in [3.05, 3.63) is 0 Å². The molecule has 2 aliphatic rings. The summed E-state index contributed by atoms with van der Waals surface area (Å²) in [5, 5.41) is 0. The van der Waals surface area contributed by atoms with E-state index < -0.39 is 0 Å². The summed E-state index contributed by atoms with van der Waals surface area (Å²) in [5.41, 5.74) is 0.400. The Kier molecular flexibility index (Phi) is 2.39. The summed E-state index contributed by atoms with van der Waals surface area (Å²) < 4.78 is 0. The molecule has 0 aromatic carbocycles. The van der Waals surface area contributed by atoms with Crippen molar-refractivity contribution in [2.24, 2.45) is 11.8 Å². The Hall–Kier alpha value is -0.0400. The van der Waals surface area contributed by atoms with E-state index in [1.165, 1.54) is 38.8 Å². The zero-order valence-corrected chi connectivity index (χ0v) is 9.34. The highest BCUT2D eigenvalue weighted by Gasteiger charge is 2.38. The third-order valence-electron chi connectivity index (χ3n) is 3.92. The van der Waals surface area contributed by atoms with Gasteiger partial charge in [0.05, 0.1) is 0 Å². The van der Waals surface area contributed by atoms with E-state index in [2.05, 4.69) is 25.7 Å². The van der Waals surface area contributed by atoms with Gasteiger partial charge in [-0.2, -0.15) is 0 Å². The van der Waals surface area contributed by atoms with Gasteiger partial charge in [-0.3, -0.25) is 4.90 Å². The Balaban J connectivity index is 1.99. The molecule has 1 heteroatoms. The van der Waals surface area contributed by atoms with E-state index >= 15 is 0 Å². The van der Waals surface area contributed by atoms with Crippen LogP contribution in [0.1, 0.15) is 46.5 Å². The second-order valence-electron chi connectivity index (χ2n) is 5.88. The molecule has 2 fully saturated rings. The zero-order chi connectivity index (χ0) is 9.47. The summed E-state index contributed by atoms with van der Waals surface area (Å²) in [7, 11) is 0. The summed E-state index contributed by atoms with van der Waals surface area (Å²) in [6.07, 6.45) is 5.97. The maximum atomic E-state index is 2.69. The Labute approximate surface area is 82.5 Å². The van der Waals surface area contributed by atoms with E-state index in [1.807, 2.05) is 0 Å².